The standard InChI is InChI=1S/C24H16ClIN2O6/c1-32-22-11-14(5-8-21(22)33-13-15-3-2-4-16(26)9-15)10-20-24(29)34-23(27-20)18-7-6-17(28(30)31)12-19(18)25/h2-12H,13H2,1H3/b20-10-. The average molecular weight is 591 g/mol. The molecule has 0 fully saturated rings. The van der Waals surface area contributed by atoms with Crippen LogP contribution in [0.5, 0.6) is 11.5 Å². The highest BCUT2D eigenvalue weighted by atomic mass is 127. The average Bonchev–Trinajstić information content (AvgIpc) is 3.17. The molecule has 1 aliphatic rings. The highest BCUT2D eigenvalue weighted by Gasteiger charge is 2.26. The van der Waals surface area contributed by atoms with Gasteiger partial charge < -0.3 is 14.2 Å². The topological polar surface area (TPSA) is 100 Å². The first kappa shape index (κ1) is 23.7. The lowest BCUT2D eigenvalue weighted by Gasteiger charge is -2.11. The second-order valence-corrected chi connectivity index (χ2v) is 8.74. The van der Waals surface area contributed by atoms with Gasteiger partial charge in [0.1, 0.15) is 6.61 Å². The van der Waals surface area contributed by atoms with Gasteiger partial charge in [-0.3, -0.25) is 10.1 Å². The van der Waals surface area contributed by atoms with E-state index in [1.807, 2.05) is 24.3 Å². The van der Waals surface area contributed by atoms with Gasteiger partial charge in [0, 0.05) is 15.7 Å². The van der Waals surface area contributed by atoms with Gasteiger partial charge in [-0.05, 0) is 70.1 Å². The smallest absolute Gasteiger partial charge is 0.363 e. The van der Waals surface area contributed by atoms with Crippen LogP contribution in [0.25, 0.3) is 6.08 Å². The number of nitro groups is 1. The first-order valence-electron chi connectivity index (χ1n) is 9.86. The molecule has 0 unspecified atom stereocenters. The first-order valence-corrected chi connectivity index (χ1v) is 11.3. The third-order valence-corrected chi connectivity index (χ3v) is 5.77. The number of hydrogen-bond donors (Lipinski definition) is 0. The van der Waals surface area contributed by atoms with Gasteiger partial charge >= 0.3 is 5.97 Å². The van der Waals surface area contributed by atoms with Crippen LogP contribution in [-0.2, 0) is 16.1 Å². The van der Waals surface area contributed by atoms with Crippen molar-refractivity contribution in [1.82, 2.24) is 0 Å². The van der Waals surface area contributed by atoms with E-state index in [1.54, 1.807) is 24.3 Å². The molecule has 4 rings (SSSR count). The number of halogens is 2. The number of nitrogens with zero attached hydrogens (tertiary/aromatic N) is 2. The molecule has 1 aliphatic heterocycles. The fraction of sp³-hybridized carbons (Fsp3) is 0.0833. The number of nitro benzene ring substituents is 1. The molecule has 0 saturated heterocycles. The Balaban J connectivity index is 1.55. The number of rotatable bonds is 7. The molecule has 0 aromatic heterocycles. The van der Waals surface area contributed by atoms with Crippen molar-refractivity contribution in [1.29, 1.82) is 0 Å². The molecule has 0 bridgehead atoms. The van der Waals surface area contributed by atoms with Crippen molar-refractivity contribution in [3.05, 3.63) is 102 Å². The number of carbonyl (C=O) groups is 1. The van der Waals surface area contributed by atoms with E-state index in [-0.39, 0.29) is 27.9 Å². The molecule has 0 radical (unpaired) electrons. The van der Waals surface area contributed by atoms with E-state index in [0.29, 0.717) is 23.7 Å². The molecule has 10 heteroatoms. The maximum Gasteiger partial charge on any atom is 0.363 e. The summed E-state index contributed by atoms with van der Waals surface area (Å²) in [5.74, 6) is 0.358. The summed E-state index contributed by atoms with van der Waals surface area (Å²) in [5.41, 5.74) is 1.83. The molecule has 3 aromatic rings. The molecule has 34 heavy (non-hydrogen) atoms. The van der Waals surface area contributed by atoms with Crippen LogP contribution in [0.4, 0.5) is 5.69 Å². The van der Waals surface area contributed by atoms with Crippen LogP contribution >= 0.6 is 34.2 Å². The highest BCUT2D eigenvalue weighted by molar-refractivity contribution is 14.1. The molecular formula is C24H16ClIN2O6. The third-order valence-electron chi connectivity index (χ3n) is 4.79. The Morgan fingerprint density at radius 1 is 1.15 bits per heavy atom. The van der Waals surface area contributed by atoms with Gasteiger partial charge in [0.15, 0.2) is 17.2 Å². The maximum absolute atomic E-state index is 12.3. The van der Waals surface area contributed by atoms with Gasteiger partial charge in [0.05, 0.1) is 22.6 Å². The number of non-ortho nitro benzene ring substituents is 1. The van der Waals surface area contributed by atoms with Crippen molar-refractivity contribution < 1.29 is 23.9 Å². The number of hydrogen-bond acceptors (Lipinski definition) is 7. The van der Waals surface area contributed by atoms with E-state index in [2.05, 4.69) is 27.6 Å². The number of cyclic esters (lactones) is 1. The second kappa shape index (κ2) is 10.2. The maximum atomic E-state index is 12.3. The molecule has 0 amide bonds. The van der Waals surface area contributed by atoms with Crippen molar-refractivity contribution in [2.45, 2.75) is 6.61 Å². The van der Waals surface area contributed by atoms with Crippen molar-refractivity contribution in [2.24, 2.45) is 4.99 Å². The predicted octanol–water partition coefficient (Wildman–Crippen LogP) is 5.78. The van der Waals surface area contributed by atoms with Crippen molar-refractivity contribution in [3.63, 3.8) is 0 Å². The van der Waals surface area contributed by atoms with Crippen molar-refractivity contribution in [3.8, 4) is 11.5 Å². The Morgan fingerprint density at radius 2 is 1.97 bits per heavy atom. The fourth-order valence-electron chi connectivity index (χ4n) is 3.15. The van der Waals surface area contributed by atoms with E-state index >= 15 is 0 Å². The van der Waals surface area contributed by atoms with Gasteiger partial charge in [-0.1, -0.05) is 29.8 Å². The lowest BCUT2D eigenvalue weighted by atomic mass is 10.1. The van der Waals surface area contributed by atoms with Crippen LogP contribution in [0.2, 0.25) is 5.02 Å². The van der Waals surface area contributed by atoms with E-state index in [4.69, 9.17) is 25.8 Å². The van der Waals surface area contributed by atoms with Crippen LogP contribution in [0, 0.1) is 13.7 Å². The molecule has 0 N–H and O–H groups in total. The Hall–Kier alpha value is -3.44. The molecule has 3 aromatic carbocycles. The summed E-state index contributed by atoms with van der Waals surface area (Å²) in [4.78, 5) is 26.9. The molecule has 1 heterocycles. The highest BCUT2D eigenvalue weighted by Crippen LogP contribution is 2.31. The number of carbonyl (C=O) groups excluding carboxylic acids is 1. The summed E-state index contributed by atoms with van der Waals surface area (Å²) in [5, 5.41) is 11.0. The number of aliphatic imine (C=N–C) groups is 1. The second-order valence-electron chi connectivity index (χ2n) is 7.09. The van der Waals surface area contributed by atoms with Crippen LogP contribution in [0.15, 0.2) is 71.4 Å². The van der Waals surface area contributed by atoms with Crippen LogP contribution < -0.4 is 9.47 Å². The summed E-state index contributed by atoms with van der Waals surface area (Å²) in [6.45, 7) is 0.379. The summed E-state index contributed by atoms with van der Waals surface area (Å²) in [7, 11) is 1.53. The molecule has 0 aliphatic carbocycles. The minimum absolute atomic E-state index is 0.0273. The fourth-order valence-corrected chi connectivity index (χ4v) is 4.02. The van der Waals surface area contributed by atoms with Crippen LogP contribution in [0.1, 0.15) is 16.7 Å². The number of methoxy groups -OCH3 is 1. The minimum Gasteiger partial charge on any atom is -0.493 e. The quantitative estimate of drug-likeness (QED) is 0.114. The normalized spacial score (nSPS) is 14.0. The Bertz CT molecular complexity index is 1360. The van der Waals surface area contributed by atoms with E-state index in [0.717, 1.165) is 9.13 Å². The van der Waals surface area contributed by atoms with Crippen molar-refractivity contribution >= 4 is 57.8 Å². The Kier molecular flexibility index (Phi) is 7.13. The molecule has 8 nitrogen and oxygen atoms in total. The van der Waals surface area contributed by atoms with Gasteiger partial charge in [0.25, 0.3) is 5.69 Å². The SMILES string of the molecule is COc1cc(/C=C2\N=C(c3ccc([N+](=O)[O-])cc3Cl)OC2=O)ccc1OCc1cccc(I)c1. The van der Waals surface area contributed by atoms with E-state index in [9.17, 15) is 14.9 Å². The van der Waals surface area contributed by atoms with E-state index < -0.39 is 10.9 Å². The Morgan fingerprint density at radius 3 is 2.68 bits per heavy atom. The number of ether oxygens (including phenoxy) is 3. The zero-order chi connectivity index (χ0) is 24.2. The summed E-state index contributed by atoms with van der Waals surface area (Å²) >= 11 is 8.37. The minimum atomic E-state index is -0.664. The van der Waals surface area contributed by atoms with E-state index in [1.165, 1.54) is 25.3 Å². The zero-order valence-electron chi connectivity index (χ0n) is 17.7. The zero-order valence-corrected chi connectivity index (χ0v) is 20.6. The summed E-state index contributed by atoms with van der Waals surface area (Å²) in [6.07, 6.45) is 1.54. The molecular weight excluding hydrogens is 575 g/mol. The molecule has 172 valence electrons. The monoisotopic (exact) mass is 590 g/mol. The number of benzene rings is 3. The van der Waals surface area contributed by atoms with Gasteiger partial charge in [-0.15, -0.1) is 0 Å². The predicted molar refractivity (Wildman–Crippen MR) is 135 cm³/mol. The van der Waals surface area contributed by atoms with Gasteiger partial charge in [-0.2, -0.15) is 0 Å². The molecule has 0 spiro atoms. The Labute approximate surface area is 213 Å². The van der Waals surface area contributed by atoms with Crippen molar-refractivity contribution in [2.75, 3.05) is 7.11 Å². The lowest BCUT2D eigenvalue weighted by Crippen LogP contribution is -2.06. The number of esters is 1. The van der Waals surface area contributed by atoms with Gasteiger partial charge in [-0.25, -0.2) is 9.79 Å². The summed E-state index contributed by atoms with van der Waals surface area (Å²) < 4.78 is 17.7. The van der Waals surface area contributed by atoms with Gasteiger partial charge in [0.2, 0.25) is 5.90 Å². The first-order chi connectivity index (χ1) is 16.3. The third kappa shape index (κ3) is 5.37. The van der Waals surface area contributed by atoms with Crippen LogP contribution in [0.3, 0.4) is 0 Å². The lowest BCUT2D eigenvalue weighted by molar-refractivity contribution is -0.384. The largest absolute Gasteiger partial charge is 0.493 e. The molecule has 0 atom stereocenters. The summed E-state index contributed by atoms with van der Waals surface area (Å²) in [6, 6.07) is 17.0. The van der Waals surface area contributed by atoms with Crippen LogP contribution in [-0.4, -0.2) is 23.9 Å². The molecule has 0 saturated carbocycles.